The van der Waals surface area contributed by atoms with Crippen LogP contribution in [0.5, 0.6) is 23.0 Å². The fraction of sp³-hybridized carbons (Fsp3) is 0.133. The minimum atomic E-state index is -0.319. The number of benzene rings is 2. The lowest BCUT2D eigenvalue weighted by atomic mass is 10.0. The van der Waals surface area contributed by atoms with Gasteiger partial charge in [0.25, 0.3) is 0 Å². The predicted octanol–water partition coefficient (Wildman–Crippen LogP) is -0.128. The molecule has 2 rings (SSSR count). The molecular formula is C15H20O8. The van der Waals surface area contributed by atoms with Crippen molar-refractivity contribution in [3.63, 3.8) is 0 Å². The van der Waals surface area contributed by atoms with Gasteiger partial charge in [0.15, 0.2) is 28.8 Å². The number of phenols is 2. The first kappa shape index (κ1) is 22.5. The molecule has 0 unspecified atom stereocenters. The minimum Gasteiger partial charge on any atom is -0.504 e. The molecule has 0 heterocycles. The first-order valence-electron chi connectivity index (χ1n) is 5.85. The Labute approximate surface area is 132 Å². The maximum Gasteiger partial charge on any atom is 0.193 e. The Kier molecular flexibility index (Phi) is 9.04. The summed E-state index contributed by atoms with van der Waals surface area (Å²) in [7, 11) is 2.86. The van der Waals surface area contributed by atoms with Crippen LogP contribution >= 0.6 is 0 Å². The molecule has 128 valence electrons. The summed E-state index contributed by atoms with van der Waals surface area (Å²) < 4.78 is 9.83. The Hall–Kier alpha value is -2.81. The molecule has 0 fully saturated rings. The SMILES string of the molecule is COc1ccc(C(=O)c2ccc(OC)c(O)c2)cc1O.O.O.O. The number of methoxy groups -OCH3 is 2. The van der Waals surface area contributed by atoms with Gasteiger partial charge >= 0.3 is 0 Å². The van der Waals surface area contributed by atoms with E-state index < -0.39 is 0 Å². The number of rotatable bonds is 4. The Morgan fingerprint density at radius 2 is 1.13 bits per heavy atom. The quantitative estimate of drug-likeness (QED) is 0.743. The number of hydrogen-bond acceptors (Lipinski definition) is 5. The molecule has 0 aliphatic heterocycles. The van der Waals surface area contributed by atoms with Crippen LogP contribution in [0.25, 0.3) is 0 Å². The van der Waals surface area contributed by atoms with Crippen LogP contribution in [-0.2, 0) is 0 Å². The van der Waals surface area contributed by atoms with Gasteiger partial charge in [-0.25, -0.2) is 0 Å². The fourth-order valence-electron chi connectivity index (χ4n) is 1.83. The highest BCUT2D eigenvalue weighted by atomic mass is 16.5. The van der Waals surface area contributed by atoms with Crippen LogP contribution in [0.3, 0.4) is 0 Å². The van der Waals surface area contributed by atoms with Crippen molar-refractivity contribution in [3.8, 4) is 23.0 Å². The van der Waals surface area contributed by atoms with Crippen LogP contribution in [0.4, 0.5) is 0 Å². The van der Waals surface area contributed by atoms with Crippen molar-refractivity contribution in [2.24, 2.45) is 0 Å². The highest BCUT2D eigenvalue weighted by molar-refractivity contribution is 6.09. The molecule has 0 amide bonds. The maximum absolute atomic E-state index is 12.2. The van der Waals surface area contributed by atoms with E-state index in [2.05, 4.69) is 0 Å². The smallest absolute Gasteiger partial charge is 0.193 e. The lowest BCUT2D eigenvalue weighted by Gasteiger charge is -2.07. The molecule has 0 saturated carbocycles. The number of carbonyl (C=O) groups excluding carboxylic acids is 1. The Bertz CT molecular complexity index is 598. The molecule has 0 aromatic heterocycles. The molecule has 2 aromatic carbocycles. The van der Waals surface area contributed by atoms with E-state index in [0.29, 0.717) is 22.6 Å². The molecule has 8 N–H and O–H groups in total. The second-order valence-corrected chi connectivity index (χ2v) is 4.10. The average molecular weight is 328 g/mol. The largest absolute Gasteiger partial charge is 0.504 e. The summed E-state index contributed by atoms with van der Waals surface area (Å²) in [5.74, 6) is 0.0336. The van der Waals surface area contributed by atoms with Gasteiger partial charge in [0.1, 0.15) is 0 Å². The van der Waals surface area contributed by atoms with E-state index in [1.807, 2.05) is 0 Å². The summed E-state index contributed by atoms with van der Waals surface area (Å²) in [6.07, 6.45) is 0. The molecular weight excluding hydrogens is 308 g/mol. The van der Waals surface area contributed by atoms with E-state index in [1.54, 1.807) is 12.1 Å². The molecule has 0 aliphatic rings. The van der Waals surface area contributed by atoms with Crippen molar-refractivity contribution in [1.29, 1.82) is 0 Å². The average Bonchev–Trinajstić information content (AvgIpc) is 2.46. The molecule has 8 nitrogen and oxygen atoms in total. The van der Waals surface area contributed by atoms with Gasteiger partial charge in [-0.2, -0.15) is 0 Å². The zero-order chi connectivity index (χ0) is 14.7. The monoisotopic (exact) mass is 328 g/mol. The van der Waals surface area contributed by atoms with E-state index in [4.69, 9.17) is 9.47 Å². The predicted molar refractivity (Wildman–Crippen MR) is 83.6 cm³/mol. The Morgan fingerprint density at radius 1 is 0.783 bits per heavy atom. The number of phenolic OH excluding ortho intramolecular Hbond substituents is 2. The Morgan fingerprint density at radius 3 is 1.39 bits per heavy atom. The minimum absolute atomic E-state index is 0. The van der Waals surface area contributed by atoms with Gasteiger partial charge in [-0.05, 0) is 36.4 Å². The summed E-state index contributed by atoms with van der Waals surface area (Å²) in [5.41, 5.74) is 0.598. The standard InChI is InChI=1S/C15H14O5.3H2O/c1-19-13-5-3-9(7-11(13)16)15(18)10-4-6-14(20-2)12(17)8-10;;;/h3-8,16-17H,1-2H3;3*1H2. The first-order valence-corrected chi connectivity index (χ1v) is 5.85. The number of hydrogen-bond donors (Lipinski definition) is 2. The van der Waals surface area contributed by atoms with E-state index in [9.17, 15) is 15.0 Å². The van der Waals surface area contributed by atoms with Crippen molar-refractivity contribution in [1.82, 2.24) is 0 Å². The Balaban J connectivity index is 0. The molecule has 23 heavy (non-hydrogen) atoms. The van der Waals surface area contributed by atoms with Gasteiger partial charge in [-0.1, -0.05) is 0 Å². The van der Waals surface area contributed by atoms with Crippen LogP contribution in [0, 0.1) is 0 Å². The molecule has 0 radical (unpaired) electrons. The fourth-order valence-corrected chi connectivity index (χ4v) is 1.83. The van der Waals surface area contributed by atoms with Crippen LogP contribution in [0.15, 0.2) is 36.4 Å². The maximum atomic E-state index is 12.2. The molecule has 0 aliphatic carbocycles. The van der Waals surface area contributed by atoms with Crippen LogP contribution < -0.4 is 9.47 Å². The first-order chi connectivity index (χ1) is 9.56. The molecule has 0 saturated heterocycles. The zero-order valence-corrected chi connectivity index (χ0v) is 12.6. The summed E-state index contributed by atoms with van der Waals surface area (Å²) in [4.78, 5) is 12.2. The zero-order valence-electron chi connectivity index (χ0n) is 12.6. The van der Waals surface area contributed by atoms with Gasteiger partial charge in [-0.3, -0.25) is 4.79 Å². The lowest BCUT2D eigenvalue weighted by Crippen LogP contribution is -2.01. The number of carbonyl (C=O) groups is 1. The molecule has 0 spiro atoms. The van der Waals surface area contributed by atoms with Crippen molar-refractivity contribution in [2.75, 3.05) is 14.2 Å². The summed E-state index contributed by atoms with van der Waals surface area (Å²) in [5, 5.41) is 19.4. The molecule has 8 heteroatoms. The summed E-state index contributed by atoms with van der Waals surface area (Å²) in [6.45, 7) is 0. The van der Waals surface area contributed by atoms with Gasteiger partial charge in [0.05, 0.1) is 14.2 Å². The molecule has 2 aromatic rings. The van der Waals surface area contributed by atoms with E-state index in [1.165, 1.54) is 38.5 Å². The third kappa shape index (κ3) is 4.58. The van der Waals surface area contributed by atoms with Gasteiger partial charge in [0, 0.05) is 11.1 Å². The lowest BCUT2D eigenvalue weighted by molar-refractivity contribution is 0.103. The van der Waals surface area contributed by atoms with Crippen molar-refractivity contribution < 1.29 is 40.9 Å². The normalized spacial score (nSPS) is 8.78. The van der Waals surface area contributed by atoms with Gasteiger partial charge < -0.3 is 36.1 Å². The van der Waals surface area contributed by atoms with E-state index in [0.717, 1.165) is 0 Å². The third-order valence-electron chi connectivity index (χ3n) is 2.88. The highest BCUT2D eigenvalue weighted by Crippen LogP contribution is 2.30. The third-order valence-corrected chi connectivity index (χ3v) is 2.88. The van der Waals surface area contributed by atoms with Crippen molar-refractivity contribution in [2.45, 2.75) is 0 Å². The number of ketones is 1. The van der Waals surface area contributed by atoms with Crippen LogP contribution in [-0.4, -0.2) is 46.6 Å². The number of ether oxygens (including phenoxy) is 2. The summed E-state index contributed by atoms with van der Waals surface area (Å²) >= 11 is 0. The van der Waals surface area contributed by atoms with Crippen molar-refractivity contribution >= 4 is 5.78 Å². The topological polar surface area (TPSA) is 170 Å². The van der Waals surface area contributed by atoms with E-state index in [-0.39, 0.29) is 33.7 Å². The second-order valence-electron chi connectivity index (χ2n) is 4.10. The molecule has 0 atom stereocenters. The van der Waals surface area contributed by atoms with Gasteiger partial charge in [0.2, 0.25) is 0 Å². The summed E-state index contributed by atoms with van der Waals surface area (Å²) in [6, 6.07) is 8.74. The number of aromatic hydroxyl groups is 2. The van der Waals surface area contributed by atoms with Crippen LogP contribution in [0.2, 0.25) is 0 Å². The van der Waals surface area contributed by atoms with Crippen LogP contribution in [0.1, 0.15) is 15.9 Å². The van der Waals surface area contributed by atoms with E-state index >= 15 is 0 Å². The van der Waals surface area contributed by atoms with Gasteiger partial charge in [-0.15, -0.1) is 0 Å². The second kappa shape index (κ2) is 9.26. The molecule has 0 bridgehead atoms. The van der Waals surface area contributed by atoms with Crippen molar-refractivity contribution in [3.05, 3.63) is 47.5 Å². The highest BCUT2D eigenvalue weighted by Gasteiger charge is 2.14.